The van der Waals surface area contributed by atoms with E-state index in [1.807, 2.05) is 57.2 Å². The van der Waals surface area contributed by atoms with Gasteiger partial charge in [-0.1, -0.05) is 42.2 Å². The van der Waals surface area contributed by atoms with E-state index < -0.39 is 0 Å². The Morgan fingerprint density at radius 1 is 1.00 bits per heavy atom. The maximum atomic E-state index is 6.60. The van der Waals surface area contributed by atoms with Crippen LogP contribution in [0.3, 0.4) is 0 Å². The van der Waals surface area contributed by atoms with Crippen molar-refractivity contribution in [2.75, 3.05) is 0 Å². The number of aromatic nitrogens is 2. The van der Waals surface area contributed by atoms with Gasteiger partial charge in [0.1, 0.15) is 5.17 Å². The Balaban J connectivity index is 0.00000102. The normalized spacial score (nSPS) is 13.3. The Bertz CT molecular complexity index is 1010. The molecule has 2 aromatic heterocycles. The standard InChI is InChI=1S/C19H13Cl2N3O.C2H6/c1-11-8-17(25-24-11)18-15(12-4-6-22-7-5-12)10-13-9-14(20)2-3-16(13)23-19(18)21;1-2/h2-9H,10H2,1H3;1-2H3. The first kappa shape index (κ1) is 19.3. The van der Waals surface area contributed by atoms with Crippen LogP contribution < -0.4 is 0 Å². The van der Waals surface area contributed by atoms with E-state index in [2.05, 4.69) is 15.1 Å². The van der Waals surface area contributed by atoms with Gasteiger partial charge in [-0.05, 0) is 54.0 Å². The fraction of sp³-hybridized carbons (Fsp3) is 0.190. The van der Waals surface area contributed by atoms with Gasteiger partial charge in [0.25, 0.3) is 0 Å². The molecule has 1 aromatic carbocycles. The molecule has 4 rings (SSSR count). The van der Waals surface area contributed by atoms with Gasteiger partial charge in [0.05, 0.1) is 17.0 Å². The van der Waals surface area contributed by atoms with Gasteiger partial charge in [-0.15, -0.1) is 0 Å². The van der Waals surface area contributed by atoms with Crippen LogP contribution in [-0.4, -0.2) is 15.3 Å². The Morgan fingerprint density at radius 3 is 2.41 bits per heavy atom. The van der Waals surface area contributed by atoms with Crippen molar-refractivity contribution in [1.29, 1.82) is 0 Å². The highest BCUT2D eigenvalue weighted by Gasteiger charge is 2.24. The van der Waals surface area contributed by atoms with Gasteiger partial charge in [-0.2, -0.15) is 0 Å². The smallest absolute Gasteiger partial charge is 0.170 e. The molecule has 0 radical (unpaired) electrons. The average Bonchev–Trinajstić information content (AvgIpc) is 3.05. The van der Waals surface area contributed by atoms with Gasteiger partial charge < -0.3 is 4.52 Å². The Hall–Kier alpha value is -2.43. The lowest BCUT2D eigenvalue weighted by Gasteiger charge is -2.11. The predicted octanol–water partition coefficient (Wildman–Crippen LogP) is 6.49. The summed E-state index contributed by atoms with van der Waals surface area (Å²) in [7, 11) is 0. The molecular formula is C21H19Cl2N3O. The summed E-state index contributed by atoms with van der Waals surface area (Å²) in [6.45, 7) is 5.87. The van der Waals surface area contributed by atoms with E-state index >= 15 is 0 Å². The molecule has 3 aromatic rings. The van der Waals surface area contributed by atoms with Crippen LogP contribution in [0.1, 0.15) is 36.4 Å². The van der Waals surface area contributed by atoms with Crippen molar-refractivity contribution in [3.8, 4) is 0 Å². The molecule has 3 heterocycles. The molecule has 27 heavy (non-hydrogen) atoms. The molecule has 0 unspecified atom stereocenters. The zero-order chi connectivity index (χ0) is 19.4. The highest BCUT2D eigenvalue weighted by Crippen LogP contribution is 2.38. The molecule has 0 atom stereocenters. The summed E-state index contributed by atoms with van der Waals surface area (Å²) in [5.74, 6) is 0.594. The maximum Gasteiger partial charge on any atom is 0.170 e. The molecule has 0 N–H and O–H groups in total. The summed E-state index contributed by atoms with van der Waals surface area (Å²) in [4.78, 5) is 8.69. The van der Waals surface area contributed by atoms with Crippen molar-refractivity contribution in [3.05, 3.63) is 76.4 Å². The highest BCUT2D eigenvalue weighted by molar-refractivity contribution is 6.77. The van der Waals surface area contributed by atoms with Crippen LogP contribution in [0.5, 0.6) is 0 Å². The number of benzene rings is 1. The molecule has 0 spiro atoms. The van der Waals surface area contributed by atoms with Gasteiger partial charge >= 0.3 is 0 Å². The molecule has 0 saturated heterocycles. The minimum absolute atomic E-state index is 0.365. The molecule has 0 fully saturated rings. The number of fused-ring (bicyclic) bond motifs is 1. The Labute approximate surface area is 168 Å². The van der Waals surface area contributed by atoms with Gasteiger partial charge in [0.2, 0.25) is 0 Å². The van der Waals surface area contributed by atoms with Gasteiger partial charge in [0.15, 0.2) is 5.76 Å². The third kappa shape index (κ3) is 4.12. The molecule has 0 saturated carbocycles. The molecule has 0 amide bonds. The van der Waals surface area contributed by atoms with Crippen LogP contribution >= 0.6 is 23.2 Å². The number of nitrogens with zero attached hydrogens (tertiary/aromatic N) is 3. The Kier molecular flexibility index (Phi) is 6.09. The predicted molar refractivity (Wildman–Crippen MR) is 112 cm³/mol. The fourth-order valence-electron chi connectivity index (χ4n) is 2.90. The van der Waals surface area contributed by atoms with Crippen LogP contribution in [-0.2, 0) is 6.42 Å². The molecular weight excluding hydrogens is 381 g/mol. The van der Waals surface area contributed by atoms with E-state index in [0.29, 0.717) is 22.4 Å². The molecule has 4 nitrogen and oxygen atoms in total. The van der Waals surface area contributed by atoms with Gasteiger partial charge in [-0.25, -0.2) is 4.99 Å². The number of aliphatic imine (C=N–C) groups is 1. The SMILES string of the molecule is CC.Cc1cc(C2=C(c3ccncc3)Cc3cc(Cl)ccc3N=C2Cl)on1. The molecule has 1 aliphatic heterocycles. The lowest BCUT2D eigenvalue weighted by atomic mass is 9.93. The number of halogens is 2. The number of allylic oxidation sites excluding steroid dienone is 2. The van der Waals surface area contributed by atoms with Crippen LogP contribution in [0, 0.1) is 6.92 Å². The van der Waals surface area contributed by atoms with Crippen molar-refractivity contribution < 1.29 is 4.52 Å². The number of hydrogen-bond acceptors (Lipinski definition) is 4. The summed E-state index contributed by atoms with van der Waals surface area (Å²) in [6, 6.07) is 11.3. The first-order valence-corrected chi connectivity index (χ1v) is 9.47. The molecule has 6 heteroatoms. The van der Waals surface area contributed by atoms with E-state index in [1.54, 1.807) is 12.4 Å². The second-order valence-corrected chi connectivity index (χ2v) is 6.57. The highest BCUT2D eigenvalue weighted by atomic mass is 35.5. The van der Waals surface area contributed by atoms with E-state index in [0.717, 1.165) is 33.7 Å². The topological polar surface area (TPSA) is 51.3 Å². The van der Waals surface area contributed by atoms with E-state index in [9.17, 15) is 0 Å². The number of pyridine rings is 1. The van der Waals surface area contributed by atoms with E-state index in [-0.39, 0.29) is 0 Å². The van der Waals surface area contributed by atoms with Crippen LogP contribution in [0.4, 0.5) is 5.69 Å². The number of rotatable bonds is 2. The third-order valence-electron chi connectivity index (χ3n) is 4.04. The van der Waals surface area contributed by atoms with Gasteiger partial charge in [-0.3, -0.25) is 4.98 Å². The van der Waals surface area contributed by atoms with E-state index in [1.165, 1.54) is 0 Å². The van der Waals surface area contributed by atoms with Crippen molar-refractivity contribution in [1.82, 2.24) is 10.1 Å². The summed E-state index contributed by atoms with van der Waals surface area (Å²) < 4.78 is 5.49. The zero-order valence-electron chi connectivity index (χ0n) is 15.3. The summed E-state index contributed by atoms with van der Waals surface area (Å²) in [5, 5.41) is 5.02. The third-order valence-corrected chi connectivity index (χ3v) is 4.55. The van der Waals surface area contributed by atoms with E-state index in [4.69, 9.17) is 27.7 Å². The average molecular weight is 400 g/mol. The largest absolute Gasteiger partial charge is 0.356 e. The van der Waals surface area contributed by atoms with Gasteiger partial charge in [0, 0.05) is 29.9 Å². The lowest BCUT2D eigenvalue weighted by Crippen LogP contribution is -1.99. The zero-order valence-corrected chi connectivity index (χ0v) is 16.8. The first-order chi connectivity index (χ1) is 13.1. The van der Waals surface area contributed by atoms with Crippen LogP contribution in [0.15, 0.2) is 58.3 Å². The molecule has 0 bridgehead atoms. The summed E-state index contributed by atoms with van der Waals surface area (Å²) in [5.41, 5.74) is 5.32. The summed E-state index contributed by atoms with van der Waals surface area (Å²) in [6.07, 6.45) is 4.12. The first-order valence-electron chi connectivity index (χ1n) is 8.72. The summed E-state index contributed by atoms with van der Waals surface area (Å²) >= 11 is 12.8. The molecule has 0 aliphatic carbocycles. The lowest BCUT2D eigenvalue weighted by molar-refractivity contribution is 0.407. The number of aryl methyl sites for hydroxylation is 1. The molecule has 1 aliphatic rings. The van der Waals surface area contributed by atoms with Crippen molar-refractivity contribution in [2.45, 2.75) is 27.2 Å². The Morgan fingerprint density at radius 2 is 1.74 bits per heavy atom. The van der Waals surface area contributed by atoms with Crippen molar-refractivity contribution in [3.63, 3.8) is 0 Å². The van der Waals surface area contributed by atoms with Crippen LogP contribution in [0.25, 0.3) is 11.1 Å². The van der Waals surface area contributed by atoms with Crippen molar-refractivity contribution in [2.24, 2.45) is 4.99 Å². The minimum Gasteiger partial charge on any atom is -0.356 e. The van der Waals surface area contributed by atoms with Crippen LogP contribution in [0.2, 0.25) is 5.02 Å². The fourth-order valence-corrected chi connectivity index (χ4v) is 3.39. The maximum absolute atomic E-state index is 6.60. The monoisotopic (exact) mass is 399 g/mol. The number of hydrogen-bond donors (Lipinski definition) is 0. The second kappa shape index (κ2) is 8.51. The second-order valence-electron chi connectivity index (χ2n) is 5.77. The minimum atomic E-state index is 0.365. The van der Waals surface area contributed by atoms with Crippen molar-refractivity contribution >= 4 is 45.2 Å². The quantitative estimate of drug-likeness (QED) is 0.494. The molecule has 138 valence electrons.